The fraction of sp³-hybridized carbons (Fsp3) is 0.409. The van der Waals surface area contributed by atoms with Crippen LogP contribution in [0, 0.1) is 0 Å². The first-order valence-corrected chi connectivity index (χ1v) is 9.57. The highest BCUT2D eigenvalue weighted by molar-refractivity contribution is 5.76. The predicted octanol–water partition coefficient (Wildman–Crippen LogP) is 1.39. The molecule has 0 spiro atoms. The van der Waals surface area contributed by atoms with Crippen LogP contribution < -0.4 is 19.7 Å². The van der Waals surface area contributed by atoms with Gasteiger partial charge < -0.3 is 19.7 Å². The molecule has 2 aromatic rings. The molecule has 2 aromatic carbocycles. The number of carbonyl (C=O) groups is 1. The molecule has 144 valence electrons. The van der Waals surface area contributed by atoms with Gasteiger partial charge in [-0.15, -0.1) is 0 Å². The largest absolute Gasteiger partial charge is 0.493 e. The Bertz CT molecular complexity index is 762. The van der Waals surface area contributed by atoms with Gasteiger partial charge >= 0.3 is 0 Å². The average Bonchev–Trinajstić information content (AvgIpc) is 2.71. The van der Waals surface area contributed by atoms with Crippen molar-refractivity contribution in [1.29, 1.82) is 0 Å². The van der Waals surface area contributed by atoms with Crippen molar-refractivity contribution in [2.24, 2.45) is 0 Å². The Kier molecular flexibility index (Phi) is 6.71. The number of carbonyl (C=O) groups excluding carboxylic acids is 1. The Morgan fingerprint density at radius 1 is 1.07 bits per heavy atom. The van der Waals surface area contributed by atoms with Crippen molar-refractivity contribution in [2.45, 2.75) is 25.8 Å². The van der Waals surface area contributed by atoms with Gasteiger partial charge in [-0.3, -0.25) is 4.79 Å². The maximum atomic E-state index is 12.3. The number of rotatable bonds is 8. The zero-order valence-electron chi connectivity index (χ0n) is 16.2. The lowest BCUT2D eigenvalue weighted by molar-refractivity contribution is -0.908. The van der Waals surface area contributed by atoms with Crippen molar-refractivity contribution in [3.8, 4) is 11.5 Å². The summed E-state index contributed by atoms with van der Waals surface area (Å²) < 4.78 is 10.8. The molecular weight excluding hydrogens is 340 g/mol. The Morgan fingerprint density at radius 2 is 1.78 bits per heavy atom. The summed E-state index contributed by atoms with van der Waals surface area (Å²) in [6, 6.07) is 14.5. The summed E-state index contributed by atoms with van der Waals surface area (Å²) in [5, 5.41) is 3.06. The standard InChI is InChI=1S/C22H28N2O3/c1-26-20-13-18-10-12-24(15-19(18)14-21(20)27-2)16-22(25)23-11-6-9-17-7-4-3-5-8-17/h3-5,7-8,13-14H,6,9-12,15-16H2,1-2H3,(H,23,25)/p+1. The molecule has 0 aromatic heterocycles. The van der Waals surface area contributed by atoms with Crippen LogP contribution in [-0.2, 0) is 24.2 Å². The summed E-state index contributed by atoms with van der Waals surface area (Å²) >= 11 is 0. The number of hydrogen-bond donors (Lipinski definition) is 2. The number of fused-ring (bicyclic) bond motifs is 1. The van der Waals surface area contributed by atoms with E-state index in [1.165, 1.54) is 21.6 Å². The smallest absolute Gasteiger partial charge is 0.275 e. The first kappa shape index (κ1) is 19.2. The van der Waals surface area contributed by atoms with Crippen molar-refractivity contribution in [2.75, 3.05) is 33.9 Å². The topological polar surface area (TPSA) is 52.0 Å². The van der Waals surface area contributed by atoms with Crippen LogP contribution in [-0.4, -0.2) is 39.8 Å². The molecule has 3 rings (SSSR count). The maximum absolute atomic E-state index is 12.3. The predicted molar refractivity (Wildman–Crippen MR) is 105 cm³/mol. The van der Waals surface area contributed by atoms with Gasteiger partial charge in [0.15, 0.2) is 18.0 Å². The van der Waals surface area contributed by atoms with Crippen LogP contribution in [0.4, 0.5) is 0 Å². The molecule has 0 bridgehead atoms. The van der Waals surface area contributed by atoms with E-state index in [0.29, 0.717) is 6.54 Å². The number of nitrogens with one attached hydrogen (secondary N) is 2. The minimum Gasteiger partial charge on any atom is -0.493 e. The van der Waals surface area contributed by atoms with Crippen LogP contribution >= 0.6 is 0 Å². The van der Waals surface area contributed by atoms with Crippen LogP contribution in [0.3, 0.4) is 0 Å². The Balaban J connectivity index is 1.45. The molecule has 5 nitrogen and oxygen atoms in total. The van der Waals surface area contributed by atoms with E-state index in [-0.39, 0.29) is 5.91 Å². The Morgan fingerprint density at radius 3 is 2.48 bits per heavy atom. The van der Waals surface area contributed by atoms with E-state index < -0.39 is 0 Å². The van der Waals surface area contributed by atoms with Crippen molar-refractivity contribution in [3.05, 3.63) is 59.2 Å². The van der Waals surface area contributed by atoms with Crippen molar-refractivity contribution in [1.82, 2.24) is 5.32 Å². The maximum Gasteiger partial charge on any atom is 0.275 e. The van der Waals surface area contributed by atoms with Gasteiger partial charge in [0.05, 0.1) is 20.8 Å². The van der Waals surface area contributed by atoms with E-state index >= 15 is 0 Å². The molecule has 0 fully saturated rings. The molecule has 0 saturated heterocycles. The quantitative estimate of drug-likeness (QED) is 0.692. The average molecular weight is 369 g/mol. The van der Waals surface area contributed by atoms with Gasteiger partial charge in [0.25, 0.3) is 5.91 Å². The fourth-order valence-electron chi connectivity index (χ4n) is 3.64. The zero-order chi connectivity index (χ0) is 19.1. The number of quaternary nitrogens is 1. The summed E-state index contributed by atoms with van der Waals surface area (Å²) in [4.78, 5) is 13.6. The number of hydrogen-bond acceptors (Lipinski definition) is 3. The third-order valence-electron chi connectivity index (χ3n) is 5.11. The third-order valence-corrected chi connectivity index (χ3v) is 5.11. The van der Waals surface area contributed by atoms with Crippen molar-refractivity contribution >= 4 is 5.91 Å². The van der Waals surface area contributed by atoms with E-state index in [9.17, 15) is 4.79 Å². The minimum absolute atomic E-state index is 0.127. The van der Waals surface area contributed by atoms with Crippen LogP contribution in [0.15, 0.2) is 42.5 Å². The van der Waals surface area contributed by atoms with Gasteiger partial charge in [-0.1, -0.05) is 30.3 Å². The first-order valence-electron chi connectivity index (χ1n) is 9.57. The van der Waals surface area contributed by atoms with Crippen LogP contribution in [0.25, 0.3) is 0 Å². The van der Waals surface area contributed by atoms with Crippen LogP contribution in [0.1, 0.15) is 23.1 Å². The first-order chi connectivity index (χ1) is 13.2. The molecule has 0 radical (unpaired) electrons. The Hall–Kier alpha value is -2.53. The molecule has 1 amide bonds. The third kappa shape index (κ3) is 5.23. The molecule has 2 N–H and O–H groups in total. The van der Waals surface area contributed by atoms with Crippen LogP contribution in [0.2, 0.25) is 0 Å². The summed E-state index contributed by atoms with van der Waals surface area (Å²) in [6.45, 7) is 3.04. The SMILES string of the molecule is COc1cc2c(cc1OC)C[NH+](CC(=O)NCCCc1ccccc1)CC2. The molecule has 1 atom stereocenters. The lowest BCUT2D eigenvalue weighted by Gasteiger charge is -2.26. The second-order valence-corrected chi connectivity index (χ2v) is 7.02. The molecule has 1 aliphatic heterocycles. The number of amides is 1. The molecule has 1 aliphatic rings. The van der Waals surface area contributed by atoms with Crippen LogP contribution in [0.5, 0.6) is 11.5 Å². The fourth-order valence-corrected chi connectivity index (χ4v) is 3.64. The molecule has 1 heterocycles. The normalized spacial score (nSPS) is 15.7. The number of benzene rings is 2. The van der Waals surface area contributed by atoms with Crippen molar-refractivity contribution in [3.63, 3.8) is 0 Å². The summed E-state index contributed by atoms with van der Waals surface area (Å²) in [6.07, 6.45) is 2.91. The lowest BCUT2D eigenvalue weighted by Crippen LogP contribution is -3.12. The van der Waals surface area contributed by atoms with E-state index in [4.69, 9.17) is 9.47 Å². The van der Waals surface area contributed by atoms with Crippen molar-refractivity contribution < 1.29 is 19.2 Å². The number of methoxy groups -OCH3 is 2. The van der Waals surface area contributed by atoms with Gasteiger partial charge in [-0.25, -0.2) is 0 Å². The number of aryl methyl sites for hydroxylation is 1. The molecular formula is C22H29N2O3+. The van der Waals surface area contributed by atoms with Gasteiger partial charge in [0.2, 0.25) is 0 Å². The molecule has 1 unspecified atom stereocenters. The molecule has 0 aliphatic carbocycles. The molecule has 27 heavy (non-hydrogen) atoms. The highest BCUT2D eigenvalue weighted by atomic mass is 16.5. The second kappa shape index (κ2) is 9.42. The Labute approximate surface area is 161 Å². The van der Waals surface area contributed by atoms with E-state index in [2.05, 4.69) is 35.6 Å². The van der Waals surface area contributed by atoms with Gasteiger partial charge in [0, 0.05) is 18.5 Å². The highest BCUT2D eigenvalue weighted by Gasteiger charge is 2.23. The lowest BCUT2D eigenvalue weighted by atomic mass is 9.99. The minimum atomic E-state index is 0.127. The summed E-state index contributed by atoms with van der Waals surface area (Å²) in [7, 11) is 3.31. The zero-order valence-corrected chi connectivity index (χ0v) is 16.2. The van der Waals surface area contributed by atoms with Gasteiger partial charge in [-0.2, -0.15) is 0 Å². The summed E-state index contributed by atoms with van der Waals surface area (Å²) in [5.41, 5.74) is 3.85. The van der Waals surface area contributed by atoms with Gasteiger partial charge in [0.1, 0.15) is 6.54 Å². The second-order valence-electron chi connectivity index (χ2n) is 7.02. The highest BCUT2D eigenvalue weighted by Crippen LogP contribution is 2.31. The number of ether oxygens (including phenoxy) is 2. The van der Waals surface area contributed by atoms with E-state index in [1.54, 1.807) is 14.2 Å². The summed E-state index contributed by atoms with van der Waals surface area (Å²) in [5.74, 6) is 1.65. The van der Waals surface area contributed by atoms with E-state index in [1.807, 2.05) is 12.1 Å². The molecule has 5 heteroatoms. The van der Waals surface area contributed by atoms with E-state index in [0.717, 1.165) is 50.4 Å². The van der Waals surface area contributed by atoms with Gasteiger partial charge in [-0.05, 0) is 36.1 Å². The molecule has 0 saturated carbocycles. The monoisotopic (exact) mass is 369 g/mol.